The van der Waals surface area contributed by atoms with Crippen LogP contribution in [0.2, 0.25) is 0 Å². The van der Waals surface area contributed by atoms with Crippen molar-refractivity contribution in [3.63, 3.8) is 0 Å². The molecule has 3 aromatic rings. The molecular formula is C22H21FN4S. The fourth-order valence-corrected chi connectivity index (χ4v) is 3.67. The normalized spacial score (nSPS) is 14.0. The molecule has 1 aromatic heterocycles. The Balaban J connectivity index is 1.50. The SMILES string of the molecule is Fc1ccc(N2CCN(c3ccccc3)CC2)c(NC(=S)c2ccncc2)c1. The lowest BCUT2D eigenvalue weighted by atomic mass is 10.2. The van der Waals surface area contributed by atoms with Crippen molar-refractivity contribution in [2.75, 3.05) is 41.3 Å². The van der Waals surface area contributed by atoms with Crippen LogP contribution in [0.3, 0.4) is 0 Å². The average Bonchev–Trinajstić information content (AvgIpc) is 2.75. The van der Waals surface area contributed by atoms with E-state index >= 15 is 0 Å². The minimum absolute atomic E-state index is 0.285. The zero-order valence-electron chi connectivity index (χ0n) is 15.4. The summed E-state index contributed by atoms with van der Waals surface area (Å²) in [6.45, 7) is 3.54. The van der Waals surface area contributed by atoms with Gasteiger partial charge in [0.1, 0.15) is 10.8 Å². The summed E-state index contributed by atoms with van der Waals surface area (Å²) in [5, 5.41) is 3.22. The van der Waals surface area contributed by atoms with Crippen LogP contribution in [0.15, 0.2) is 73.1 Å². The fraction of sp³-hybridized carbons (Fsp3) is 0.182. The number of para-hydroxylation sites is 1. The molecule has 1 aliphatic heterocycles. The smallest absolute Gasteiger partial charge is 0.125 e. The predicted octanol–water partition coefficient (Wildman–Crippen LogP) is 4.33. The summed E-state index contributed by atoms with van der Waals surface area (Å²) in [4.78, 5) is 9.21. The highest BCUT2D eigenvalue weighted by atomic mass is 32.1. The molecular weight excluding hydrogens is 371 g/mol. The van der Waals surface area contributed by atoms with Crippen LogP contribution >= 0.6 is 12.2 Å². The number of anilines is 3. The maximum absolute atomic E-state index is 13.9. The maximum atomic E-state index is 13.9. The third kappa shape index (κ3) is 4.12. The highest BCUT2D eigenvalue weighted by Crippen LogP contribution is 2.29. The molecule has 142 valence electrons. The quantitative estimate of drug-likeness (QED) is 0.668. The van der Waals surface area contributed by atoms with Crippen molar-refractivity contribution in [1.82, 2.24) is 4.98 Å². The van der Waals surface area contributed by atoms with Crippen molar-refractivity contribution in [1.29, 1.82) is 0 Å². The second-order valence-corrected chi connectivity index (χ2v) is 7.07. The Morgan fingerprint density at radius 1 is 0.893 bits per heavy atom. The van der Waals surface area contributed by atoms with Gasteiger partial charge in [0.15, 0.2) is 0 Å². The number of nitrogens with zero attached hydrogens (tertiary/aromatic N) is 3. The Kier molecular flexibility index (Phi) is 5.48. The molecule has 0 atom stereocenters. The Morgan fingerprint density at radius 3 is 2.29 bits per heavy atom. The number of benzene rings is 2. The molecule has 0 unspecified atom stereocenters. The van der Waals surface area contributed by atoms with E-state index in [0.717, 1.165) is 37.4 Å². The van der Waals surface area contributed by atoms with E-state index in [2.05, 4.69) is 44.4 Å². The summed E-state index contributed by atoms with van der Waals surface area (Å²) >= 11 is 5.50. The fourth-order valence-electron chi connectivity index (χ4n) is 3.43. The van der Waals surface area contributed by atoms with E-state index in [1.165, 1.54) is 17.8 Å². The minimum atomic E-state index is -0.285. The van der Waals surface area contributed by atoms with Gasteiger partial charge >= 0.3 is 0 Å². The number of rotatable bonds is 4. The van der Waals surface area contributed by atoms with Gasteiger partial charge in [-0.1, -0.05) is 30.4 Å². The summed E-state index contributed by atoms with van der Waals surface area (Å²) < 4.78 is 13.9. The molecule has 28 heavy (non-hydrogen) atoms. The van der Waals surface area contributed by atoms with Crippen LogP contribution in [-0.4, -0.2) is 36.2 Å². The number of pyridine rings is 1. The summed E-state index contributed by atoms with van der Waals surface area (Å²) in [5.41, 5.74) is 3.74. The van der Waals surface area contributed by atoms with Gasteiger partial charge in [-0.25, -0.2) is 4.39 Å². The van der Waals surface area contributed by atoms with Gasteiger partial charge in [0.25, 0.3) is 0 Å². The number of aromatic nitrogens is 1. The molecule has 0 radical (unpaired) electrons. The summed E-state index contributed by atoms with van der Waals surface area (Å²) in [5.74, 6) is -0.285. The Bertz CT molecular complexity index is 941. The van der Waals surface area contributed by atoms with E-state index in [4.69, 9.17) is 12.2 Å². The Morgan fingerprint density at radius 2 is 1.57 bits per heavy atom. The molecule has 2 aromatic carbocycles. The van der Waals surface area contributed by atoms with Crippen molar-refractivity contribution in [2.45, 2.75) is 0 Å². The Labute approximate surface area is 169 Å². The van der Waals surface area contributed by atoms with Crippen LogP contribution in [0.5, 0.6) is 0 Å². The second-order valence-electron chi connectivity index (χ2n) is 6.66. The minimum Gasteiger partial charge on any atom is -0.368 e. The first-order valence-corrected chi connectivity index (χ1v) is 9.67. The van der Waals surface area contributed by atoms with Crippen molar-refractivity contribution in [3.05, 3.63) is 84.4 Å². The summed E-state index contributed by atoms with van der Waals surface area (Å²) in [7, 11) is 0. The van der Waals surface area contributed by atoms with Crippen LogP contribution < -0.4 is 15.1 Å². The van der Waals surface area contributed by atoms with Crippen LogP contribution in [0.1, 0.15) is 5.56 Å². The molecule has 1 N–H and O–H groups in total. The highest BCUT2D eigenvalue weighted by molar-refractivity contribution is 7.81. The largest absolute Gasteiger partial charge is 0.368 e. The molecule has 0 amide bonds. The molecule has 4 nitrogen and oxygen atoms in total. The molecule has 6 heteroatoms. The van der Waals surface area contributed by atoms with Crippen LogP contribution in [-0.2, 0) is 0 Å². The lowest BCUT2D eigenvalue weighted by Crippen LogP contribution is -2.46. The first-order chi connectivity index (χ1) is 13.7. The lowest BCUT2D eigenvalue weighted by Gasteiger charge is -2.38. The topological polar surface area (TPSA) is 31.4 Å². The summed E-state index contributed by atoms with van der Waals surface area (Å²) in [6, 6.07) is 18.9. The van der Waals surface area contributed by atoms with Crippen molar-refractivity contribution >= 4 is 34.3 Å². The molecule has 0 saturated carbocycles. The number of nitrogens with one attached hydrogen (secondary N) is 1. The maximum Gasteiger partial charge on any atom is 0.125 e. The molecule has 2 heterocycles. The average molecular weight is 393 g/mol. The highest BCUT2D eigenvalue weighted by Gasteiger charge is 2.20. The van der Waals surface area contributed by atoms with Gasteiger partial charge in [-0.15, -0.1) is 0 Å². The third-order valence-electron chi connectivity index (χ3n) is 4.89. The van der Waals surface area contributed by atoms with Crippen molar-refractivity contribution < 1.29 is 4.39 Å². The molecule has 1 aliphatic rings. The van der Waals surface area contributed by atoms with Gasteiger partial charge in [0, 0.05) is 49.8 Å². The van der Waals surface area contributed by atoms with Gasteiger partial charge in [-0.05, 0) is 42.5 Å². The van der Waals surface area contributed by atoms with Crippen LogP contribution in [0, 0.1) is 5.82 Å². The van der Waals surface area contributed by atoms with E-state index in [9.17, 15) is 4.39 Å². The molecule has 1 fully saturated rings. The van der Waals surface area contributed by atoms with Crippen molar-refractivity contribution in [3.8, 4) is 0 Å². The Hall–Kier alpha value is -2.99. The van der Waals surface area contributed by atoms with Gasteiger partial charge < -0.3 is 15.1 Å². The van der Waals surface area contributed by atoms with E-state index in [-0.39, 0.29) is 5.82 Å². The molecule has 1 saturated heterocycles. The number of piperazine rings is 1. The molecule has 0 aliphatic carbocycles. The third-order valence-corrected chi connectivity index (χ3v) is 5.23. The standard InChI is InChI=1S/C22H21FN4S/c23-18-6-7-21(20(16-18)25-22(28)17-8-10-24-11-9-17)27-14-12-26(13-15-27)19-4-2-1-3-5-19/h1-11,16H,12-15H2,(H,25,28). The zero-order valence-corrected chi connectivity index (χ0v) is 16.2. The van der Waals surface area contributed by atoms with Gasteiger partial charge in [-0.2, -0.15) is 0 Å². The number of halogens is 1. The van der Waals surface area contributed by atoms with Crippen LogP contribution in [0.25, 0.3) is 0 Å². The number of hydrogen-bond acceptors (Lipinski definition) is 4. The van der Waals surface area contributed by atoms with E-state index < -0.39 is 0 Å². The van der Waals surface area contributed by atoms with Gasteiger partial charge in [0.05, 0.1) is 11.4 Å². The predicted molar refractivity (Wildman–Crippen MR) is 117 cm³/mol. The van der Waals surface area contributed by atoms with Gasteiger partial charge in [-0.3, -0.25) is 4.98 Å². The monoisotopic (exact) mass is 392 g/mol. The second kappa shape index (κ2) is 8.35. The molecule has 4 rings (SSSR count). The first kappa shape index (κ1) is 18.4. The molecule has 0 spiro atoms. The van der Waals surface area contributed by atoms with Crippen molar-refractivity contribution in [2.24, 2.45) is 0 Å². The van der Waals surface area contributed by atoms with E-state index in [1.807, 2.05) is 24.3 Å². The van der Waals surface area contributed by atoms with E-state index in [0.29, 0.717) is 10.7 Å². The zero-order chi connectivity index (χ0) is 19.3. The number of hydrogen-bond donors (Lipinski definition) is 1. The lowest BCUT2D eigenvalue weighted by molar-refractivity contribution is 0.625. The van der Waals surface area contributed by atoms with Crippen LogP contribution in [0.4, 0.5) is 21.5 Å². The summed E-state index contributed by atoms with van der Waals surface area (Å²) in [6.07, 6.45) is 3.39. The van der Waals surface area contributed by atoms with Gasteiger partial charge in [0.2, 0.25) is 0 Å². The first-order valence-electron chi connectivity index (χ1n) is 9.26. The number of thiocarbonyl (C=S) groups is 1. The molecule has 0 bridgehead atoms. The van der Waals surface area contributed by atoms with E-state index in [1.54, 1.807) is 12.4 Å².